The highest BCUT2D eigenvalue weighted by Gasteiger charge is 2.31. The first-order chi connectivity index (χ1) is 11.9. The third-order valence-electron chi connectivity index (χ3n) is 3.67. The number of alkyl halides is 3. The van der Waals surface area contributed by atoms with Gasteiger partial charge in [-0.05, 0) is 57.5 Å². The van der Waals surface area contributed by atoms with Gasteiger partial charge < -0.3 is 15.7 Å². The van der Waals surface area contributed by atoms with Crippen LogP contribution >= 0.6 is 11.6 Å². The van der Waals surface area contributed by atoms with Gasteiger partial charge in [-0.15, -0.1) is 0 Å². The van der Waals surface area contributed by atoms with E-state index in [9.17, 15) is 18.3 Å². The van der Waals surface area contributed by atoms with Crippen LogP contribution in [0.25, 0.3) is 0 Å². The topological polar surface area (TPSA) is 44.3 Å². The van der Waals surface area contributed by atoms with Crippen LogP contribution in [0.4, 0.5) is 24.5 Å². The fourth-order valence-corrected chi connectivity index (χ4v) is 2.56. The van der Waals surface area contributed by atoms with Crippen LogP contribution in [0.2, 0.25) is 5.02 Å². The zero-order valence-electron chi connectivity index (χ0n) is 15.0. The Morgan fingerprint density at radius 2 is 1.65 bits per heavy atom. The average Bonchev–Trinajstić information content (AvgIpc) is 2.49. The molecular weight excluding hydrogens is 365 g/mol. The summed E-state index contributed by atoms with van der Waals surface area (Å²) >= 11 is 5.97. The van der Waals surface area contributed by atoms with E-state index < -0.39 is 18.0 Å². The van der Waals surface area contributed by atoms with E-state index in [0.717, 1.165) is 29.4 Å². The van der Waals surface area contributed by atoms with Gasteiger partial charge in [-0.3, -0.25) is 0 Å². The third-order valence-corrected chi connectivity index (χ3v) is 4.00. The summed E-state index contributed by atoms with van der Waals surface area (Å²) in [5, 5.41) is 16.5. The number of aliphatic hydroxyl groups is 1. The lowest BCUT2D eigenvalue weighted by atomic mass is 10.0. The molecule has 1 unspecified atom stereocenters. The first kappa shape index (κ1) is 20.4. The van der Waals surface area contributed by atoms with Gasteiger partial charge in [0, 0.05) is 16.8 Å². The molecule has 1 atom stereocenters. The molecule has 7 heteroatoms. The van der Waals surface area contributed by atoms with Gasteiger partial charge >= 0.3 is 6.18 Å². The molecule has 0 bridgehead atoms. The predicted octanol–water partition coefficient (Wildman–Crippen LogP) is 5.98. The van der Waals surface area contributed by atoms with E-state index in [1.54, 1.807) is 12.1 Å². The summed E-state index contributed by atoms with van der Waals surface area (Å²) in [5.41, 5.74) is 1.34. The zero-order valence-corrected chi connectivity index (χ0v) is 15.8. The van der Waals surface area contributed by atoms with Crippen LogP contribution in [-0.2, 0) is 6.18 Å². The highest BCUT2D eigenvalue weighted by atomic mass is 35.5. The number of nitrogens with one attached hydrogen (secondary N) is 2. The van der Waals surface area contributed by atoms with E-state index in [-0.39, 0.29) is 16.2 Å². The van der Waals surface area contributed by atoms with Gasteiger partial charge in [0.2, 0.25) is 0 Å². The summed E-state index contributed by atoms with van der Waals surface area (Å²) in [6.07, 6.45) is -5.70. The normalized spacial score (nSPS) is 13.4. The molecule has 2 rings (SSSR count). The number of hydrogen-bond donors (Lipinski definition) is 3. The van der Waals surface area contributed by atoms with Crippen LogP contribution in [0, 0.1) is 6.92 Å². The molecule has 0 saturated carbocycles. The van der Waals surface area contributed by atoms with Crippen molar-refractivity contribution in [2.24, 2.45) is 0 Å². The van der Waals surface area contributed by atoms with E-state index in [1.807, 2.05) is 33.8 Å². The van der Waals surface area contributed by atoms with E-state index in [1.165, 1.54) is 0 Å². The van der Waals surface area contributed by atoms with Gasteiger partial charge in [0.25, 0.3) is 0 Å². The highest BCUT2D eigenvalue weighted by Crippen LogP contribution is 2.35. The molecule has 2 aromatic rings. The molecule has 3 N–H and O–H groups in total. The lowest BCUT2D eigenvalue weighted by molar-refractivity contribution is -0.137. The molecule has 0 aliphatic carbocycles. The summed E-state index contributed by atoms with van der Waals surface area (Å²) in [6.45, 7) is 7.96. The van der Waals surface area contributed by atoms with Crippen molar-refractivity contribution < 1.29 is 18.3 Å². The summed E-state index contributed by atoms with van der Waals surface area (Å²) in [6, 6.07) is 8.25. The Kier molecular flexibility index (Phi) is 5.78. The number of hydrogen-bond acceptors (Lipinski definition) is 3. The van der Waals surface area contributed by atoms with Crippen molar-refractivity contribution in [2.45, 2.75) is 45.6 Å². The lowest BCUT2D eigenvalue weighted by Gasteiger charge is -2.25. The maximum Gasteiger partial charge on any atom is 0.416 e. The Morgan fingerprint density at radius 1 is 1.00 bits per heavy atom. The molecule has 0 amide bonds. The second-order valence-electron chi connectivity index (χ2n) is 7.19. The van der Waals surface area contributed by atoms with Crippen molar-refractivity contribution in [3.05, 3.63) is 58.1 Å². The van der Waals surface area contributed by atoms with Crippen LogP contribution < -0.4 is 10.6 Å². The van der Waals surface area contributed by atoms with Crippen LogP contribution in [0.3, 0.4) is 0 Å². The maximum absolute atomic E-state index is 12.9. The molecule has 0 spiro atoms. The molecular formula is C19H22ClF3N2O. The Labute approximate surface area is 156 Å². The van der Waals surface area contributed by atoms with Crippen LogP contribution in [0.15, 0.2) is 36.4 Å². The van der Waals surface area contributed by atoms with Crippen molar-refractivity contribution >= 4 is 23.0 Å². The second-order valence-corrected chi connectivity index (χ2v) is 7.60. The highest BCUT2D eigenvalue weighted by molar-refractivity contribution is 6.33. The van der Waals surface area contributed by atoms with Crippen LogP contribution in [0.5, 0.6) is 0 Å². The van der Waals surface area contributed by atoms with E-state index in [4.69, 9.17) is 11.6 Å². The van der Waals surface area contributed by atoms with Gasteiger partial charge in [0.1, 0.15) is 0 Å². The van der Waals surface area contributed by atoms with Gasteiger partial charge in [0.05, 0.1) is 16.3 Å². The molecule has 0 radical (unpaired) electrons. The van der Waals surface area contributed by atoms with Crippen molar-refractivity contribution in [3.8, 4) is 0 Å². The molecule has 142 valence electrons. The standard InChI is InChI=1S/C19H22ClF3N2O/c1-11-5-6-12(9-15(11)25-18(2,3)4)17(26)24-16-10-13(19(21,22)23)7-8-14(16)20/h5-10,17,24-26H,1-4H3. The van der Waals surface area contributed by atoms with Crippen LogP contribution in [-0.4, -0.2) is 10.6 Å². The Morgan fingerprint density at radius 3 is 2.23 bits per heavy atom. The number of anilines is 2. The largest absolute Gasteiger partial charge is 0.416 e. The summed E-state index contributed by atoms with van der Waals surface area (Å²) in [5.74, 6) is 0. The Balaban J connectivity index is 2.28. The number of rotatable bonds is 4. The average molecular weight is 387 g/mol. The third kappa shape index (κ3) is 5.29. The summed E-state index contributed by atoms with van der Waals surface area (Å²) < 4.78 is 38.6. The van der Waals surface area contributed by atoms with Gasteiger partial charge in [0.15, 0.2) is 6.23 Å². The molecule has 0 aliphatic heterocycles. The number of benzene rings is 2. The minimum absolute atomic E-state index is 0.0138. The molecule has 0 fully saturated rings. The molecule has 0 saturated heterocycles. The van der Waals surface area contributed by atoms with Gasteiger partial charge in [-0.25, -0.2) is 0 Å². The minimum atomic E-state index is -4.49. The summed E-state index contributed by atoms with van der Waals surface area (Å²) in [7, 11) is 0. The Hall–Kier alpha value is -1.92. The Bertz CT molecular complexity index is 785. The van der Waals surface area contributed by atoms with E-state index >= 15 is 0 Å². The second kappa shape index (κ2) is 7.37. The smallest absolute Gasteiger partial charge is 0.380 e. The van der Waals surface area contributed by atoms with Crippen molar-refractivity contribution in [3.63, 3.8) is 0 Å². The first-order valence-electron chi connectivity index (χ1n) is 8.07. The maximum atomic E-state index is 12.9. The fraction of sp³-hybridized carbons (Fsp3) is 0.368. The number of aliphatic hydroxyl groups excluding tert-OH is 1. The quantitative estimate of drug-likeness (QED) is 0.566. The molecule has 0 heterocycles. The van der Waals surface area contributed by atoms with Gasteiger partial charge in [-0.1, -0.05) is 23.7 Å². The van der Waals surface area contributed by atoms with Crippen molar-refractivity contribution in [1.82, 2.24) is 0 Å². The SMILES string of the molecule is Cc1ccc(C(O)Nc2cc(C(F)(F)F)ccc2Cl)cc1NC(C)(C)C. The summed E-state index contributed by atoms with van der Waals surface area (Å²) in [4.78, 5) is 0. The molecule has 26 heavy (non-hydrogen) atoms. The predicted molar refractivity (Wildman–Crippen MR) is 99.6 cm³/mol. The van der Waals surface area contributed by atoms with Crippen LogP contribution in [0.1, 0.15) is 43.7 Å². The van der Waals surface area contributed by atoms with Crippen molar-refractivity contribution in [2.75, 3.05) is 10.6 Å². The number of halogens is 4. The molecule has 3 nitrogen and oxygen atoms in total. The molecule has 0 aromatic heterocycles. The molecule has 2 aromatic carbocycles. The van der Waals surface area contributed by atoms with Gasteiger partial charge in [-0.2, -0.15) is 13.2 Å². The number of aryl methyl sites for hydroxylation is 1. The fourth-order valence-electron chi connectivity index (χ4n) is 2.39. The van der Waals surface area contributed by atoms with Crippen molar-refractivity contribution in [1.29, 1.82) is 0 Å². The lowest BCUT2D eigenvalue weighted by Crippen LogP contribution is -2.26. The zero-order chi connectivity index (χ0) is 19.7. The molecule has 0 aliphatic rings. The first-order valence-corrected chi connectivity index (χ1v) is 8.45. The van der Waals surface area contributed by atoms with E-state index in [0.29, 0.717) is 5.56 Å². The minimum Gasteiger partial charge on any atom is -0.380 e. The van der Waals surface area contributed by atoms with E-state index in [2.05, 4.69) is 10.6 Å². The monoisotopic (exact) mass is 386 g/mol.